The van der Waals surface area contributed by atoms with Crippen LogP contribution >= 0.6 is 11.6 Å². The summed E-state index contributed by atoms with van der Waals surface area (Å²) in [5.74, 6) is -19.5. The number of nitrogens with zero attached hydrogens (tertiary/aromatic N) is 2. The molecule has 7 rings (SSSR count). The minimum absolute atomic E-state index is 0.0604. The monoisotopic (exact) mass is 697 g/mol. The van der Waals surface area contributed by atoms with E-state index in [4.69, 9.17) is 1.37 Å². The number of alkyl halides is 9. The third-order valence-corrected chi connectivity index (χ3v) is 8.31. The summed E-state index contributed by atoms with van der Waals surface area (Å²) in [4.78, 5) is 14.6. The Morgan fingerprint density at radius 1 is 0.531 bits per heavy atom. The van der Waals surface area contributed by atoms with E-state index in [9.17, 15) is 17.6 Å². The second-order valence-electron chi connectivity index (χ2n) is 11.2. The van der Waals surface area contributed by atoms with Gasteiger partial charge in [0.2, 0.25) is 0 Å². The van der Waals surface area contributed by atoms with Gasteiger partial charge in [-0.05, 0) is 77.3 Å². The molecule has 0 saturated heterocycles. The summed E-state index contributed by atoms with van der Waals surface area (Å²) in [5.41, 5.74) is -0.886. The first-order valence-corrected chi connectivity index (χ1v) is 14.9. The Morgan fingerprint density at radius 3 is 1.35 bits per heavy atom. The molecule has 0 fully saturated rings. The molecule has 2 aliphatic heterocycles. The third-order valence-electron chi connectivity index (χ3n) is 8.07. The first kappa shape index (κ1) is 31.1. The molecule has 13 heteroatoms. The normalized spacial score (nSPS) is 13.9. The highest BCUT2D eigenvalue weighted by Crippen LogP contribution is 2.58. The average Bonchev–Trinajstić information content (AvgIpc) is 3.91. The number of hydrogen-bond acceptors (Lipinski definition) is 2. The van der Waals surface area contributed by atoms with Crippen molar-refractivity contribution in [1.29, 1.82) is 0 Å². The third kappa shape index (κ3) is 5.30. The van der Waals surface area contributed by atoms with Crippen molar-refractivity contribution in [1.82, 2.24) is 19.9 Å². The number of aromatic amines is 2. The SMILES string of the molecule is [2H]c1c2ccc([nH]2)c(-c2ccccc2)c2nc(c(C(F)(F)C(F)(F)C(F)(F)C(F)(F)Cl)c3nc(c(-c4ccccc4)c4ccc1[nH]4)C=C3)C=C2. The molecule has 5 aromatic rings. The van der Waals surface area contributed by atoms with E-state index in [-0.39, 0.29) is 28.6 Å². The topological polar surface area (TPSA) is 57.4 Å². The van der Waals surface area contributed by atoms with Gasteiger partial charge in [-0.25, -0.2) is 9.97 Å². The first-order valence-electron chi connectivity index (χ1n) is 15.1. The molecule has 0 radical (unpaired) electrons. The van der Waals surface area contributed by atoms with E-state index < -0.39 is 40.1 Å². The number of benzene rings is 2. The fourth-order valence-corrected chi connectivity index (χ4v) is 5.85. The fourth-order valence-electron chi connectivity index (χ4n) is 5.73. The molecule has 2 N–H and O–H groups in total. The van der Waals surface area contributed by atoms with Crippen LogP contribution in [-0.4, -0.2) is 37.2 Å². The molecule has 4 nitrogen and oxygen atoms in total. The van der Waals surface area contributed by atoms with Crippen LogP contribution < -0.4 is 0 Å². The van der Waals surface area contributed by atoms with Gasteiger partial charge < -0.3 is 9.97 Å². The number of H-pyrrole nitrogens is 2. The van der Waals surface area contributed by atoms with Gasteiger partial charge in [0.25, 0.3) is 0 Å². The van der Waals surface area contributed by atoms with E-state index in [0.717, 1.165) is 12.2 Å². The van der Waals surface area contributed by atoms with Crippen LogP contribution in [0, 0.1) is 0 Å². The molecule has 2 aliphatic rings. The Hall–Kier alpha value is -5.23. The number of halogens is 9. The van der Waals surface area contributed by atoms with Gasteiger partial charge in [0.1, 0.15) is 0 Å². The maximum absolute atomic E-state index is 16.2. The van der Waals surface area contributed by atoms with E-state index in [1.165, 1.54) is 12.2 Å². The molecule has 0 unspecified atom stereocenters. The number of hydrogen-bond donors (Lipinski definition) is 2. The molecule has 0 atom stereocenters. The Bertz CT molecular complexity index is 2220. The molecule has 0 spiro atoms. The predicted molar refractivity (Wildman–Crippen MR) is 174 cm³/mol. The smallest absolute Gasteiger partial charge is 0.355 e. The van der Waals surface area contributed by atoms with Crippen molar-refractivity contribution < 1.29 is 36.5 Å². The van der Waals surface area contributed by atoms with Gasteiger partial charge in [-0.3, -0.25) is 0 Å². The number of fused-ring (bicyclic) bond motifs is 8. The van der Waals surface area contributed by atoms with E-state index in [0.29, 0.717) is 33.2 Å². The molecular formula is C36H21ClF8N4. The van der Waals surface area contributed by atoms with Gasteiger partial charge in [0, 0.05) is 33.2 Å². The molecule has 0 amide bonds. The maximum atomic E-state index is 16.2. The van der Waals surface area contributed by atoms with Gasteiger partial charge in [-0.15, -0.1) is 0 Å². The van der Waals surface area contributed by atoms with Crippen LogP contribution in [0.2, 0.25) is 0 Å². The lowest BCUT2D eigenvalue weighted by molar-refractivity contribution is -0.353. The Morgan fingerprint density at radius 2 is 0.939 bits per heavy atom. The summed E-state index contributed by atoms with van der Waals surface area (Å²) in [7, 11) is 0. The zero-order valence-corrected chi connectivity index (χ0v) is 25.4. The van der Waals surface area contributed by atoms with Crippen molar-refractivity contribution in [3.05, 3.63) is 119 Å². The summed E-state index contributed by atoms with van der Waals surface area (Å²) < 4.78 is 128. The molecule has 49 heavy (non-hydrogen) atoms. The van der Waals surface area contributed by atoms with Crippen LogP contribution in [0.25, 0.3) is 68.6 Å². The van der Waals surface area contributed by atoms with Crippen molar-refractivity contribution in [3.63, 3.8) is 0 Å². The highest BCUT2D eigenvalue weighted by atomic mass is 35.5. The zero-order valence-electron chi connectivity index (χ0n) is 25.7. The van der Waals surface area contributed by atoms with Crippen molar-refractivity contribution in [3.8, 4) is 22.3 Å². The number of rotatable bonds is 6. The Balaban J connectivity index is 1.68. The van der Waals surface area contributed by atoms with E-state index in [1.807, 2.05) is 0 Å². The van der Waals surface area contributed by atoms with Crippen LogP contribution in [0.5, 0.6) is 0 Å². The predicted octanol–water partition coefficient (Wildman–Crippen LogP) is 11.2. The van der Waals surface area contributed by atoms with Crippen LogP contribution in [-0.2, 0) is 5.92 Å². The summed E-state index contributed by atoms with van der Waals surface area (Å²) in [6.07, 6.45) is 4.19. The van der Waals surface area contributed by atoms with Gasteiger partial charge in [0.15, 0.2) is 0 Å². The zero-order chi connectivity index (χ0) is 35.6. The lowest BCUT2D eigenvalue weighted by atomic mass is 9.94. The molecule has 8 bridgehead atoms. The van der Waals surface area contributed by atoms with Crippen molar-refractivity contribution in [2.45, 2.75) is 23.1 Å². The highest BCUT2D eigenvalue weighted by molar-refractivity contribution is 6.22. The molecule has 0 aliphatic carbocycles. The van der Waals surface area contributed by atoms with Gasteiger partial charge in [-0.2, -0.15) is 35.1 Å². The molecule has 2 aromatic carbocycles. The van der Waals surface area contributed by atoms with Crippen LogP contribution in [0.1, 0.15) is 29.7 Å². The number of nitrogens with one attached hydrogen (secondary N) is 2. The van der Waals surface area contributed by atoms with E-state index >= 15 is 17.6 Å². The second-order valence-corrected chi connectivity index (χ2v) is 11.7. The summed E-state index contributed by atoms with van der Waals surface area (Å²) in [6, 6.07) is 23.2. The van der Waals surface area contributed by atoms with Crippen molar-refractivity contribution in [2.75, 3.05) is 0 Å². The summed E-state index contributed by atoms with van der Waals surface area (Å²) in [5, 5.41) is -6.05. The van der Waals surface area contributed by atoms with Crippen molar-refractivity contribution in [2.24, 2.45) is 0 Å². The molecule has 3 aromatic heterocycles. The number of aromatic nitrogens is 4. The fraction of sp³-hybridized carbons (Fsp3) is 0.111. The molecule has 5 heterocycles. The highest BCUT2D eigenvalue weighted by Gasteiger charge is 2.81. The lowest BCUT2D eigenvalue weighted by Gasteiger charge is -2.34. The second kappa shape index (κ2) is 11.4. The first-order chi connectivity index (χ1) is 23.6. The standard InChI is InChI=1S/C36H21ClF8N4/c37-36(44,45)35(42,43)34(40,41)33(38,39)32-28-17-15-26(48-28)30(20-7-3-1-4-8-20)24-13-11-22(46-24)19-23-12-14-25(47-23)31(21-9-5-2-6-10-21)27-16-18-29(32)49-27/h1-19,46-47H/i19D. The van der Waals surface area contributed by atoms with Gasteiger partial charge >= 0.3 is 23.1 Å². The Labute approximate surface area is 278 Å². The van der Waals surface area contributed by atoms with Crippen LogP contribution in [0.4, 0.5) is 35.1 Å². The maximum Gasteiger partial charge on any atom is 0.393 e. The minimum Gasteiger partial charge on any atom is -0.355 e. The lowest BCUT2D eigenvalue weighted by Crippen LogP contribution is -2.59. The summed E-state index contributed by atoms with van der Waals surface area (Å²) in [6.45, 7) is 0. The van der Waals surface area contributed by atoms with Gasteiger partial charge in [-0.1, -0.05) is 60.7 Å². The van der Waals surface area contributed by atoms with E-state index in [2.05, 4.69) is 31.5 Å². The Kier molecular flexibility index (Phi) is 7.25. The van der Waals surface area contributed by atoms with Crippen molar-refractivity contribution >= 4 is 58.0 Å². The van der Waals surface area contributed by atoms with Gasteiger partial charge in [0.05, 0.1) is 29.7 Å². The largest absolute Gasteiger partial charge is 0.393 e. The van der Waals surface area contributed by atoms with Crippen LogP contribution in [0.3, 0.4) is 0 Å². The minimum atomic E-state index is -6.74. The average molecular weight is 698 g/mol. The summed E-state index contributed by atoms with van der Waals surface area (Å²) >= 11 is 4.31. The van der Waals surface area contributed by atoms with Crippen LogP contribution in [0.15, 0.2) is 91.0 Å². The molecular weight excluding hydrogens is 676 g/mol. The van der Waals surface area contributed by atoms with E-state index in [1.54, 1.807) is 84.9 Å². The quantitative estimate of drug-likeness (QED) is 0.134. The molecule has 248 valence electrons. The molecule has 0 saturated carbocycles.